The van der Waals surface area contributed by atoms with Gasteiger partial charge in [-0.25, -0.2) is 15.2 Å². The van der Waals surface area contributed by atoms with Crippen LogP contribution in [0.4, 0.5) is 4.79 Å². The lowest BCUT2D eigenvalue weighted by molar-refractivity contribution is -0.127. The second-order valence-corrected chi connectivity index (χ2v) is 5.87. The van der Waals surface area contributed by atoms with E-state index >= 15 is 0 Å². The summed E-state index contributed by atoms with van der Waals surface area (Å²) >= 11 is 0. The number of aliphatic imine (C=N–C) groups is 1. The van der Waals surface area contributed by atoms with Crippen LogP contribution in [0.1, 0.15) is 19.4 Å². The molecule has 9 heteroatoms. The highest BCUT2D eigenvalue weighted by Gasteiger charge is 2.49. The first kappa shape index (κ1) is 15.9. The van der Waals surface area contributed by atoms with Gasteiger partial charge in [-0.15, -0.1) is 0 Å². The first-order chi connectivity index (χ1) is 11.5. The summed E-state index contributed by atoms with van der Waals surface area (Å²) in [4.78, 5) is 35.7. The number of likely N-dealkylation sites (N-methyl/N-ethyl adjacent to an activating group) is 1. The second-order valence-electron chi connectivity index (χ2n) is 5.87. The summed E-state index contributed by atoms with van der Waals surface area (Å²) in [5.74, 6) is 0.109. The third-order valence-electron chi connectivity index (χ3n) is 3.94. The fourth-order valence-electron chi connectivity index (χ4n) is 2.75. The average molecular weight is 329 g/mol. The van der Waals surface area contributed by atoms with Gasteiger partial charge in [0.2, 0.25) is 5.96 Å². The highest BCUT2D eigenvalue weighted by atomic mass is 16.2. The molecule has 24 heavy (non-hydrogen) atoms. The molecule has 2 atom stereocenters. The van der Waals surface area contributed by atoms with Gasteiger partial charge >= 0.3 is 6.03 Å². The largest absolute Gasteiger partial charge is 0.325 e. The maximum absolute atomic E-state index is 12.2. The van der Waals surface area contributed by atoms with Crippen LogP contribution < -0.4 is 10.7 Å². The summed E-state index contributed by atoms with van der Waals surface area (Å²) in [5, 5.41) is 6.52. The van der Waals surface area contributed by atoms with Gasteiger partial charge in [-0.3, -0.25) is 15.1 Å². The molecule has 126 valence electrons. The van der Waals surface area contributed by atoms with E-state index in [0.29, 0.717) is 5.96 Å². The molecule has 0 radical (unpaired) electrons. The number of pyridine rings is 1. The number of imide groups is 1. The molecule has 3 rings (SSSR count). The number of carbonyl (C=O) groups is 2. The number of hydrogen-bond donors (Lipinski definition) is 2. The lowest BCUT2D eigenvalue weighted by Crippen LogP contribution is -2.65. The second kappa shape index (κ2) is 6.26. The Morgan fingerprint density at radius 2 is 2.04 bits per heavy atom. The van der Waals surface area contributed by atoms with E-state index < -0.39 is 18.2 Å². The number of hydrogen-bond acceptors (Lipinski definition) is 7. The smallest absolute Gasteiger partial charge is 0.323 e. The van der Waals surface area contributed by atoms with Gasteiger partial charge in [-0.2, -0.15) is 5.10 Å². The highest BCUT2D eigenvalue weighted by molar-refractivity contribution is 6.03. The summed E-state index contributed by atoms with van der Waals surface area (Å²) in [6.45, 7) is 3.91. The van der Waals surface area contributed by atoms with Crippen molar-refractivity contribution in [2.45, 2.75) is 32.1 Å². The maximum Gasteiger partial charge on any atom is 0.325 e. The Hall–Kier alpha value is -2.97. The number of fused-ring (bicyclic) bond motifs is 1. The molecular formula is C15H19N7O2. The van der Waals surface area contributed by atoms with Crippen LogP contribution in [0.3, 0.4) is 0 Å². The molecule has 2 N–H and O–H groups in total. The fourth-order valence-corrected chi connectivity index (χ4v) is 2.75. The highest BCUT2D eigenvalue weighted by Crippen LogP contribution is 2.25. The van der Waals surface area contributed by atoms with Crippen molar-refractivity contribution in [2.24, 2.45) is 10.1 Å². The fraction of sp³-hybridized carbons (Fsp3) is 0.400. The zero-order valence-electron chi connectivity index (χ0n) is 13.7. The van der Waals surface area contributed by atoms with Gasteiger partial charge in [0, 0.05) is 25.5 Å². The van der Waals surface area contributed by atoms with E-state index in [1.54, 1.807) is 25.7 Å². The molecule has 3 heterocycles. The van der Waals surface area contributed by atoms with Gasteiger partial charge in [0.1, 0.15) is 0 Å². The number of urea groups is 1. The van der Waals surface area contributed by atoms with E-state index in [2.05, 4.69) is 25.8 Å². The molecule has 2 aliphatic heterocycles. The minimum absolute atomic E-state index is 0.00901. The minimum Gasteiger partial charge on any atom is -0.323 e. The van der Waals surface area contributed by atoms with Gasteiger partial charge in [-0.1, -0.05) is 0 Å². The third kappa shape index (κ3) is 2.80. The first-order valence-electron chi connectivity index (χ1n) is 7.62. The topological polar surface area (TPSA) is 102 Å². The Kier molecular flexibility index (Phi) is 4.15. The molecule has 1 fully saturated rings. The van der Waals surface area contributed by atoms with Crippen molar-refractivity contribution in [3.8, 4) is 0 Å². The Labute approximate surface area is 139 Å². The minimum atomic E-state index is -0.564. The number of guanidine groups is 1. The molecule has 0 aliphatic carbocycles. The standard InChI is InChI=1S/C15H19N7O2/c1-9(2)22-11-12(21(3)15(24)19-13(11)23)18-14(22)20-17-8-10-4-6-16-7-5-10/h4-9,11-12H,1-3H3,(H,18,20)(H,19,23,24)/b17-8+. The monoisotopic (exact) mass is 329 g/mol. The van der Waals surface area contributed by atoms with Crippen molar-refractivity contribution in [3.63, 3.8) is 0 Å². The van der Waals surface area contributed by atoms with Crippen molar-refractivity contribution < 1.29 is 9.59 Å². The number of hydrazone groups is 1. The lowest BCUT2D eigenvalue weighted by Gasteiger charge is -2.37. The molecule has 1 aromatic rings. The van der Waals surface area contributed by atoms with Crippen LogP contribution in [0.2, 0.25) is 0 Å². The predicted octanol–water partition coefficient (Wildman–Crippen LogP) is -0.0386. The molecular weight excluding hydrogens is 310 g/mol. The summed E-state index contributed by atoms with van der Waals surface area (Å²) in [7, 11) is 1.62. The first-order valence-corrected chi connectivity index (χ1v) is 7.62. The average Bonchev–Trinajstić information content (AvgIpc) is 2.94. The summed E-state index contributed by atoms with van der Waals surface area (Å²) < 4.78 is 0. The van der Waals surface area contributed by atoms with E-state index in [4.69, 9.17) is 0 Å². The van der Waals surface area contributed by atoms with Crippen LogP contribution in [0.5, 0.6) is 0 Å². The lowest BCUT2D eigenvalue weighted by atomic mass is 10.1. The quantitative estimate of drug-likeness (QED) is 0.598. The number of nitrogens with one attached hydrogen (secondary N) is 2. The van der Waals surface area contributed by atoms with Gasteiger partial charge < -0.3 is 9.80 Å². The summed E-state index contributed by atoms with van der Waals surface area (Å²) in [5.41, 5.74) is 3.76. The van der Waals surface area contributed by atoms with Crippen molar-refractivity contribution in [1.82, 2.24) is 25.5 Å². The van der Waals surface area contributed by atoms with E-state index in [-0.39, 0.29) is 11.9 Å². The third-order valence-corrected chi connectivity index (χ3v) is 3.94. The predicted molar refractivity (Wildman–Crippen MR) is 88.3 cm³/mol. The van der Waals surface area contributed by atoms with E-state index in [1.165, 1.54) is 4.90 Å². The molecule has 0 bridgehead atoms. The number of carbonyl (C=O) groups excluding carboxylic acids is 2. The van der Waals surface area contributed by atoms with Crippen LogP contribution in [-0.4, -0.2) is 64.2 Å². The van der Waals surface area contributed by atoms with Crippen molar-refractivity contribution in [1.29, 1.82) is 0 Å². The Morgan fingerprint density at radius 1 is 1.33 bits per heavy atom. The van der Waals surface area contributed by atoms with Gasteiger partial charge in [0.15, 0.2) is 12.2 Å². The number of aromatic nitrogens is 1. The Morgan fingerprint density at radius 3 is 2.71 bits per heavy atom. The number of amides is 3. The number of rotatable bonds is 3. The van der Waals surface area contributed by atoms with Crippen LogP contribution in [0.25, 0.3) is 0 Å². The molecule has 2 unspecified atom stereocenters. The molecule has 3 amide bonds. The molecule has 1 aromatic heterocycles. The molecule has 0 spiro atoms. The normalized spacial score (nSPS) is 23.6. The van der Waals surface area contributed by atoms with E-state index in [0.717, 1.165) is 5.56 Å². The van der Waals surface area contributed by atoms with Crippen LogP contribution >= 0.6 is 0 Å². The maximum atomic E-state index is 12.2. The van der Waals surface area contributed by atoms with Gasteiger partial charge in [-0.05, 0) is 31.5 Å². The van der Waals surface area contributed by atoms with Crippen LogP contribution in [0, 0.1) is 0 Å². The van der Waals surface area contributed by atoms with E-state index in [1.807, 2.05) is 30.9 Å². The zero-order valence-corrected chi connectivity index (χ0v) is 13.7. The molecule has 0 aromatic carbocycles. The zero-order chi connectivity index (χ0) is 17.3. The van der Waals surface area contributed by atoms with Gasteiger partial charge in [0.05, 0.1) is 6.21 Å². The van der Waals surface area contributed by atoms with Crippen LogP contribution in [-0.2, 0) is 4.79 Å². The Balaban J connectivity index is 1.81. The molecule has 2 aliphatic rings. The van der Waals surface area contributed by atoms with Crippen molar-refractivity contribution in [3.05, 3.63) is 30.1 Å². The van der Waals surface area contributed by atoms with Crippen molar-refractivity contribution >= 4 is 24.1 Å². The molecule has 0 saturated carbocycles. The number of nitrogens with zero attached hydrogens (tertiary/aromatic N) is 5. The van der Waals surface area contributed by atoms with Crippen molar-refractivity contribution in [2.75, 3.05) is 7.05 Å². The summed E-state index contributed by atoms with van der Waals surface area (Å²) in [6.07, 6.45) is 4.43. The van der Waals surface area contributed by atoms with Crippen LogP contribution in [0.15, 0.2) is 34.6 Å². The molecule has 1 saturated heterocycles. The SMILES string of the molecule is CC(C)N1C(N/N=C/c2ccncc2)=NC2C1C(=O)NC(=O)N2C. The van der Waals surface area contributed by atoms with Gasteiger partial charge in [0.25, 0.3) is 5.91 Å². The molecule has 9 nitrogen and oxygen atoms in total. The van der Waals surface area contributed by atoms with E-state index in [9.17, 15) is 9.59 Å². The Bertz CT molecular complexity index is 701. The summed E-state index contributed by atoms with van der Waals surface area (Å²) in [6, 6.07) is 2.64.